The fraction of sp³-hybridized carbons (Fsp3) is 0.267. The van der Waals surface area contributed by atoms with Gasteiger partial charge in [-0.1, -0.05) is 35.0 Å². The SMILES string of the molecule is CCCn1c(-c2cccc(Br)c2)cc(C(N)=O)c1C. The Labute approximate surface area is 121 Å². The number of hydrogen-bond donors (Lipinski definition) is 1. The number of rotatable bonds is 4. The van der Waals surface area contributed by atoms with Gasteiger partial charge < -0.3 is 10.3 Å². The summed E-state index contributed by atoms with van der Waals surface area (Å²) in [6.45, 7) is 4.94. The van der Waals surface area contributed by atoms with Crippen LogP contribution in [0.2, 0.25) is 0 Å². The first-order valence-electron chi connectivity index (χ1n) is 6.30. The van der Waals surface area contributed by atoms with Gasteiger partial charge in [0, 0.05) is 22.4 Å². The molecule has 0 aliphatic rings. The van der Waals surface area contributed by atoms with Crippen LogP contribution >= 0.6 is 15.9 Å². The van der Waals surface area contributed by atoms with Crippen LogP contribution in [-0.4, -0.2) is 10.5 Å². The monoisotopic (exact) mass is 320 g/mol. The summed E-state index contributed by atoms with van der Waals surface area (Å²) in [6.07, 6.45) is 1.01. The van der Waals surface area contributed by atoms with Gasteiger partial charge in [-0.15, -0.1) is 0 Å². The molecule has 100 valence electrons. The topological polar surface area (TPSA) is 48.0 Å². The van der Waals surface area contributed by atoms with Crippen LogP contribution in [0.4, 0.5) is 0 Å². The van der Waals surface area contributed by atoms with Crippen molar-refractivity contribution in [3.63, 3.8) is 0 Å². The summed E-state index contributed by atoms with van der Waals surface area (Å²) in [5, 5.41) is 0. The lowest BCUT2D eigenvalue weighted by atomic mass is 10.1. The summed E-state index contributed by atoms with van der Waals surface area (Å²) in [4.78, 5) is 11.5. The molecule has 0 saturated heterocycles. The molecule has 1 aromatic carbocycles. The molecule has 0 radical (unpaired) electrons. The van der Waals surface area contributed by atoms with Crippen LogP contribution in [0.3, 0.4) is 0 Å². The number of amides is 1. The number of hydrogen-bond acceptors (Lipinski definition) is 1. The molecule has 3 nitrogen and oxygen atoms in total. The lowest BCUT2D eigenvalue weighted by molar-refractivity contribution is 0.0999. The molecule has 0 atom stereocenters. The third kappa shape index (κ3) is 2.73. The van der Waals surface area contributed by atoms with Crippen LogP contribution in [0.25, 0.3) is 11.3 Å². The number of benzene rings is 1. The Hall–Kier alpha value is -1.55. The Morgan fingerprint density at radius 3 is 2.68 bits per heavy atom. The second-order valence-corrected chi connectivity index (χ2v) is 5.47. The second kappa shape index (κ2) is 5.61. The highest BCUT2D eigenvalue weighted by Gasteiger charge is 2.16. The first kappa shape index (κ1) is 13.9. The smallest absolute Gasteiger partial charge is 0.250 e. The average molecular weight is 321 g/mol. The maximum atomic E-state index is 11.5. The van der Waals surface area contributed by atoms with Crippen LogP contribution < -0.4 is 5.73 Å². The zero-order valence-corrected chi connectivity index (χ0v) is 12.7. The van der Waals surface area contributed by atoms with Crippen molar-refractivity contribution in [3.05, 3.63) is 46.1 Å². The zero-order chi connectivity index (χ0) is 14.0. The maximum Gasteiger partial charge on any atom is 0.250 e. The molecule has 1 amide bonds. The van der Waals surface area contributed by atoms with Crippen LogP contribution in [-0.2, 0) is 6.54 Å². The first-order chi connectivity index (χ1) is 9.04. The molecule has 2 N–H and O–H groups in total. The van der Waals surface area contributed by atoms with Crippen LogP contribution in [0.1, 0.15) is 29.4 Å². The Kier molecular flexibility index (Phi) is 4.10. The largest absolute Gasteiger partial charge is 0.366 e. The third-order valence-corrected chi connectivity index (χ3v) is 3.69. The molecule has 0 bridgehead atoms. The number of nitrogens with zero attached hydrogens (tertiary/aromatic N) is 1. The van der Waals surface area contributed by atoms with Crippen molar-refractivity contribution in [3.8, 4) is 11.3 Å². The van der Waals surface area contributed by atoms with E-state index >= 15 is 0 Å². The summed E-state index contributed by atoms with van der Waals surface area (Å²) in [6, 6.07) is 9.94. The van der Waals surface area contributed by atoms with E-state index in [9.17, 15) is 4.79 Å². The van der Waals surface area contributed by atoms with Gasteiger partial charge in [0.25, 0.3) is 5.91 Å². The van der Waals surface area contributed by atoms with Gasteiger partial charge in [-0.25, -0.2) is 0 Å². The molecule has 2 aromatic rings. The van der Waals surface area contributed by atoms with Crippen LogP contribution in [0.5, 0.6) is 0 Å². The normalized spacial score (nSPS) is 10.7. The van der Waals surface area contributed by atoms with Crippen molar-refractivity contribution in [2.45, 2.75) is 26.8 Å². The molecule has 1 aromatic heterocycles. The van der Waals surface area contributed by atoms with Crippen LogP contribution in [0, 0.1) is 6.92 Å². The van der Waals surface area contributed by atoms with Crippen molar-refractivity contribution in [2.75, 3.05) is 0 Å². The predicted molar refractivity (Wildman–Crippen MR) is 81.1 cm³/mol. The minimum absolute atomic E-state index is 0.372. The summed E-state index contributed by atoms with van der Waals surface area (Å²) in [5.74, 6) is -0.372. The highest BCUT2D eigenvalue weighted by Crippen LogP contribution is 2.28. The zero-order valence-electron chi connectivity index (χ0n) is 11.1. The van der Waals surface area contributed by atoms with Gasteiger partial charge in [0.2, 0.25) is 0 Å². The fourth-order valence-corrected chi connectivity index (χ4v) is 2.69. The number of primary amides is 1. The van der Waals surface area contributed by atoms with E-state index in [-0.39, 0.29) is 5.91 Å². The third-order valence-electron chi connectivity index (χ3n) is 3.20. The molecule has 0 aliphatic carbocycles. The molecule has 4 heteroatoms. The van der Waals surface area contributed by atoms with E-state index in [0.717, 1.165) is 34.4 Å². The molecule has 0 spiro atoms. The lowest BCUT2D eigenvalue weighted by Crippen LogP contribution is -2.12. The van der Waals surface area contributed by atoms with Gasteiger partial charge in [-0.3, -0.25) is 4.79 Å². The fourth-order valence-electron chi connectivity index (χ4n) is 2.29. The van der Waals surface area contributed by atoms with Gasteiger partial charge in [0.05, 0.1) is 5.56 Å². The van der Waals surface area contributed by atoms with E-state index < -0.39 is 0 Å². The number of carbonyl (C=O) groups is 1. The summed E-state index contributed by atoms with van der Waals surface area (Å²) in [7, 11) is 0. The van der Waals surface area contributed by atoms with E-state index in [0.29, 0.717) is 5.56 Å². The lowest BCUT2D eigenvalue weighted by Gasteiger charge is -2.11. The van der Waals surface area contributed by atoms with E-state index in [1.807, 2.05) is 37.3 Å². The van der Waals surface area contributed by atoms with Gasteiger partial charge in [0.1, 0.15) is 0 Å². The summed E-state index contributed by atoms with van der Waals surface area (Å²) < 4.78 is 3.18. The Morgan fingerprint density at radius 2 is 2.11 bits per heavy atom. The molecule has 19 heavy (non-hydrogen) atoms. The number of nitrogens with two attached hydrogens (primary N) is 1. The standard InChI is InChI=1S/C15H17BrN2O/c1-3-7-18-10(2)13(15(17)19)9-14(18)11-5-4-6-12(16)8-11/h4-6,8-9H,3,7H2,1-2H3,(H2,17,19). The van der Waals surface area contributed by atoms with Crippen molar-refractivity contribution in [1.82, 2.24) is 4.57 Å². The molecule has 0 unspecified atom stereocenters. The first-order valence-corrected chi connectivity index (χ1v) is 7.09. The van der Waals surface area contributed by atoms with E-state index in [4.69, 9.17) is 5.73 Å². The quantitative estimate of drug-likeness (QED) is 0.916. The number of carbonyl (C=O) groups excluding carboxylic acids is 1. The van der Waals surface area contributed by atoms with Gasteiger partial charge in [-0.2, -0.15) is 0 Å². The van der Waals surface area contributed by atoms with Gasteiger partial charge >= 0.3 is 0 Å². The molecule has 2 rings (SSSR count). The van der Waals surface area contributed by atoms with Crippen LogP contribution in [0.15, 0.2) is 34.8 Å². The van der Waals surface area contributed by atoms with Crippen molar-refractivity contribution >= 4 is 21.8 Å². The van der Waals surface area contributed by atoms with Crippen molar-refractivity contribution in [2.24, 2.45) is 5.73 Å². The predicted octanol–water partition coefficient (Wildman–Crippen LogP) is 3.73. The van der Waals surface area contributed by atoms with E-state index in [1.54, 1.807) is 0 Å². The minimum atomic E-state index is -0.372. The second-order valence-electron chi connectivity index (χ2n) is 4.55. The Morgan fingerprint density at radius 1 is 1.37 bits per heavy atom. The maximum absolute atomic E-state index is 11.5. The van der Waals surface area contributed by atoms with Gasteiger partial charge in [-0.05, 0) is 37.1 Å². The minimum Gasteiger partial charge on any atom is -0.366 e. The highest BCUT2D eigenvalue weighted by molar-refractivity contribution is 9.10. The summed E-state index contributed by atoms with van der Waals surface area (Å²) >= 11 is 3.48. The Balaban J connectivity index is 2.61. The summed E-state index contributed by atoms with van der Waals surface area (Å²) in [5.41, 5.74) is 9.09. The van der Waals surface area contributed by atoms with E-state index in [2.05, 4.69) is 27.4 Å². The molecular formula is C15H17BrN2O. The number of aromatic nitrogens is 1. The average Bonchev–Trinajstić information content (AvgIpc) is 2.68. The molecule has 0 saturated carbocycles. The van der Waals surface area contributed by atoms with Crippen molar-refractivity contribution in [1.29, 1.82) is 0 Å². The molecule has 0 fully saturated rings. The van der Waals surface area contributed by atoms with Gasteiger partial charge in [0.15, 0.2) is 0 Å². The van der Waals surface area contributed by atoms with Crippen molar-refractivity contribution < 1.29 is 4.79 Å². The number of halogens is 1. The molecule has 0 aliphatic heterocycles. The Bertz CT molecular complexity index is 617. The highest BCUT2D eigenvalue weighted by atomic mass is 79.9. The van der Waals surface area contributed by atoms with E-state index in [1.165, 1.54) is 0 Å². The molecule has 1 heterocycles. The molecular weight excluding hydrogens is 304 g/mol.